The molecular weight excluding hydrogens is 1020 g/mol. The summed E-state index contributed by atoms with van der Waals surface area (Å²) in [5.41, 5.74) is -5.13. The summed E-state index contributed by atoms with van der Waals surface area (Å²) >= 11 is 0. The van der Waals surface area contributed by atoms with Gasteiger partial charge in [-0.3, -0.25) is 38.6 Å². The molecule has 2 bridgehead atoms. The van der Waals surface area contributed by atoms with Crippen molar-refractivity contribution in [1.82, 2.24) is 20.1 Å². The molecule has 3 aliphatic heterocycles. The maximum atomic E-state index is 14.6. The Labute approximate surface area is 438 Å². The van der Waals surface area contributed by atoms with Crippen LogP contribution in [0.15, 0.2) is 46.5 Å². The fourth-order valence-corrected chi connectivity index (χ4v) is 10.0. The van der Waals surface area contributed by atoms with Crippen molar-refractivity contribution in [3.05, 3.63) is 91.9 Å². The Morgan fingerprint density at radius 2 is 1.64 bits per heavy atom. The first kappa shape index (κ1) is 58.5. The number of amides is 3. The largest absolute Gasteiger partial charge is 0.524 e. The number of fused-ring (bicyclic) bond motifs is 5. The molecule has 0 radical (unpaired) electrons. The van der Waals surface area contributed by atoms with Gasteiger partial charge >= 0.3 is 25.7 Å². The van der Waals surface area contributed by atoms with Crippen LogP contribution >= 0.6 is 7.82 Å². The Morgan fingerprint density at radius 3 is 2.26 bits per heavy atom. The highest BCUT2D eigenvalue weighted by Gasteiger charge is 2.54. The number of halogens is 2. The lowest BCUT2D eigenvalue weighted by Gasteiger charge is -2.42. The number of phosphoric ester groups is 1. The first-order valence-corrected chi connectivity index (χ1v) is 26.1. The lowest BCUT2D eigenvalue weighted by molar-refractivity contribution is -0.160. The van der Waals surface area contributed by atoms with Crippen LogP contribution in [0.4, 0.5) is 8.78 Å². The van der Waals surface area contributed by atoms with E-state index in [0.29, 0.717) is 36.6 Å². The smallest absolute Gasteiger partial charge is 0.460 e. The number of esters is 3. The molecule has 0 aliphatic carbocycles. The number of hydrogen-bond donors (Lipinski definition) is 4. The van der Waals surface area contributed by atoms with Crippen molar-refractivity contribution in [2.45, 2.75) is 168 Å². The van der Waals surface area contributed by atoms with Gasteiger partial charge in [0.2, 0.25) is 23.9 Å². The Hall–Kier alpha value is -6.71. The van der Waals surface area contributed by atoms with E-state index in [0.717, 1.165) is 12.1 Å². The zero-order valence-corrected chi connectivity index (χ0v) is 45.3. The second-order valence-electron chi connectivity index (χ2n) is 22.1. The van der Waals surface area contributed by atoms with E-state index in [9.17, 15) is 56.7 Å². The first-order chi connectivity index (χ1) is 35.2. The highest BCUT2D eigenvalue weighted by Crippen LogP contribution is 2.48. The van der Waals surface area contributed by atoms with E-state index in [1.165, 1.54) is 36.7 Å². The van der Waals surface area contributed by atoms with E-state index < -0.39 is 132 Å². The second-order valence-corrected chi connectivity index (χ2v) is 23.2. The number of nitrogens with one attached hydrogen (secondary N) is 2. The minimum Gasteiger partial charge on any atom is -0.460 e. The van der Waals surface area contributed by atoms with Gasteiger partial charge < -0.3 is 48.4 Å². The number of rotatable bonds is 18. The number of aromatic nitrogens is 1. The molecule has 4 heterocycles. The molecule has 6 rings (SSSR count). The van der Waals surface area contributed by atoms with Crippen molar-refractivity contribution >= 4 is 49.2 Å². The van der Waals surface area contributed by atoms with E-state index in [4.69, 9.17) is 28.3 Å². The molecule has 1 aromatic heterocycles. The van der Waals surface area contributed by atoms with Gasteiger partial charge in [0.25, 0.3) is 11.8 Å². The van der Waals surface area contributed by atoms with Crippen molar-refractivity contribution < 1.29 is 80.2 Å². The summed E-state index contributed by atoms with van der Waals surface area (Å²) in [6.07, 6.45) is 0.863. The monoisotopic (exact) mass is 1090 g/mol. The van der Waals surface area contributed by atoms with Gasteiger partial charge in [-0.2, -0.15) is 0 Å². The van der Waals surface area contributed by atoms with Crippen molar-refractivity contribution in [3.63, 3.8) is 0 Å². The number of carbonyl (C=O) groups is 6. The lowest BCUT2D eigenvalue weighted by atomic mass is 9.77. The molecule has 21 nitrogen and oxygen atoms in total. The lowest BCUT2D eigenvalue weighted by Crippen LogP contribution is -2.52. The van der Waals surface area contributed by atoms with Gasteiger partial charge in [0, 0.05) is 60.8 Å². The average molecular weight is 1090 g/mol. The number of carbonyl (C=O) groups excluding carboxylic acids is 6. The molecule has 3 aliphatic rings. The minimum atomic E-state index is -5.29. The van der Waals surface area contributed by atoms with Gasteiger partial charge in [0.05, 0.1) is 24.6 Å². The highest BCUT2D eigenvalue weighted by molar-refractivity contribution is 7.46. The number of nitrogens with zero attached hydrogens (tertiary/aromatic N) is 3. The molecule has 4 atom stereocenters. The molecular formula is C52H66F2N5O16P. The van der Waals surface area contributed by atoms with Crippen LogP contribution in [0.5, 0.6) is 11.5 Å². The molecule has 1 saturated heterocycles. The number of oxime groups is 1. The van der Waals surface area contributed by atoms with Gasteiger partial charge in [-0.1, -0.05) is 31.1 Å². The molecule has 414 valence electrons. The zero-order valence-electron chi connectivity index (χ0n) is 44.4. The molecule has 0 unspecified atom stereocenters. The van der Waals surface area contributed by atoms with Crippen LogP contribution in [0.3, 0.4) is 0 Å². The molecule has 2 aromatic carbocycles. The van der Waals surface area contributed by atoms with E-state index in [-0.39, 0.29) is 53.6 Å². The van der Waals surface area contributed by atoms with Crippen LogP contribution in [0.25, 0.3) is 0 Å². The zero-order chi connectivity index (χ0) is 56.5. The molecule has 76 heavy (non-hydrogen) atoms. The third kappa shape index (κ3) is 14.4. The van der Waals surface area contributed by atoms with Gasteiger partial charge in [0.1, 0.15) is 40.2 Å². The van der Waals surface area contributed by atoms with Crippen molar-refractivity contribution in [3.8, 4) is 11.5 Å². The quantitative estimate of drug-likeness (QED) is 0.0471. The molecule has 1 spiro atoms. The van der Waals surface area contributed by atoms with Crippen LogP contribution in [-0.2, 0) is 61.2 Å². The third-order valence-electron chi connectivity index (χ3n) is 12.8. The van der Waals surface area contributed by atoms with Crippen LogP contribution in [0.2, 0.25) is 0 Å². The van der Waals surface area contributed by atoms with Crippen LogP contribution < -0.4 is 25.3 Å². The second kappa shape index (κ2) is 22.5. The Morgan fingerprint density at radius 1 is 0.961 bits per heavy atom. The van der Waals surface area contributed by atoms with Gasteiger partial charge in [-0.15, -0.1) is 0 Å². The summed E-state index contributed by atoms with van der Waals surface area (Å²) in [6, 6.07) is 3.17. The molecule has 1 fully saturated rings. The number of aryl methyl sites for hydroxylation is 1. The molecule has 3 amide bonds. The van der Waals surface area contributed by atoms with Crippen molar-refractivity contribution in [2.24, 2.45) is 5.16 Å². The Balaban J connectivity index is 1.29. The van der Waals surface area contributed by atoms with Crippen LogP contribution in [0, 0.1) is 18.6 Å². The van der Waals surface area contributed by atoms with Crippen molar-refractivity contribution in [1.29, 1.82) is 0 Å². The standard InChI is InChI=1S/C52H66F2N5O16P/c1-28-18-32(20-39(60)56-36(48(66)73-50(7,8)9)14-15-40(61)72-49(4,5)6)42(37(19-28)74-76(67,68)69)51(10,11)23-41(62)70-27-71-45-43-47(65)58-26-38(52(17-16-30(58)3)22-29(2)57-75-52)59(43)25-34(44(45)63)46(64)55-24-31-12-13-33(53)21-35(31)54/h12-13,18-19,21,25,30,36,38H,14-17,20,22-24,26-27H2,1-11H3,(H,55,64)(H,56,60)(H2,67,68,69)/t30-,36-,38+,52-/m0/s1. The number of benzene rings is 2. The third-order valence-corrected chi connectivity index (χ3v) is 13.2. The van der Waals surface area contributed by atoms with E-state index in [1.807, 2.05) is 6.92 Å². The molecule has 0 saturated carbocycles. The van der Waals surface area contributed by atoms with Crippen LogP contribution in [-0.4, -0.2) is 103 Å². The SMILES string of the molecule is CC1=NO[C@@]2(CC[C@H](C)N3C[C@H]2n2cc(C(=O)NCc4ccc(F)cc4F)c(=O)c(OCOC(=O)CC(C)(C)c4c(CC(=O)N[C@@H](CCC(=O)OC(C)(C)C)C(=O)OC(C)(C)C)cc(C)cc4OP(=O)(O)O)c2C3=O)C1. The predicted octanol–water partition coefficient (Wildman–Crippen LogP) is 6.29. The normalized spacial score (nSPS) is 18.9. The summed E-state index contributed by atoms with van der Waals surface area (Å²) in [5.74, 6) is -7.73. The Bertz CT molecular complexity index is 2940. The summed E-state index contributed by atoms with van der Waals surface area (Å²) in [7, 11) is -5.29. The van der Waals surface area contributed by atoms with Gasteiger partial charge in [-0.05, 0) is 105 Å². The molecule has 24 heteroatoms. The Kier molecular flexibility index (Phi) is 17.3. The number of hydrogen-bond acceptors (Lipinski definition) is 15. The van der Waals surface area contributed by atoms with Gasteiger partial charge in [0.15, 0.2) is 11.3 Å². The maximum absolute atomic E-state index is 14.6. The fourth-order valence-electron chi connectivity index (χ4n) is 9.62. The topological polar surface area (TPSA) is 277 Å². The number of ether oxygens (including phenoxy) is 4. The molecule has 4 N–H and O–H groups in total. The fraction of sp³-hybridized carbons (Fsp3) is 0.538. The minimum absolute atomic E-state index is 0.0118. The van der Waals surface area contributed by atoms with E-state index in [1.54, 1.807) is 60.3 Å². The number of phosphoric acid groups is 1. The summed E-state index contributed by atoms with van der Waals surface area (Å²) in [6.45, 7) is 16.7. The van der Waals surface area contributed by atoms with Crippen LogP contribution in [0.1, 0.15) is 157 Å². The summed E-state index contributed by atoms with van der Waals surface area (Å²) in [5, 5.41) is 9.30. The van der Waals surface area contributed by atoms with E-state index in [2.05, 4.69) is 15.8 Å². The number of pyridine rings is 1. The van der Waals surface area contributed by atoms with Crippen molar-refractivity contribution in [2.75, 3.05) is 13.3 Å². The maximum Gasteiger partial charge on any atom is 0.524 e. The first-order valence-electron chi connectivity index (χ1n) is 24.6. The predicted molar refractivity (Wildman–Crippen MR) is 268 cm³/mol. The van der Waals surface area contributed by atoms with E-state index >= 15 is 0 Å². The highest BCUT2D eigenvalue weighted by atomic mass is 31.2. The average Bonchev–Trinajstić information content (AvgIpc) is 3.60. The van der Waals surface area contributed by atoms with Gasteiger partial charge in [-0.25, -0.2) is 18.1 Å². The summed E-state index contributed by atoms with van der Waals surface area (Å²) < 4.78 is 69.6. The molecule has 3 aromatic rings. The summed E-state index contributed by atoms with van der Waals surface area (Å²) in [4.78, 5) is 124.